The molecule has 0 saturated heterocycles. The number of aryl methyl sites for hydroxylation is 1. The third-order valence-electron chi connectivity index (χ3n) is 2.42. The fourth-order valence-electron chi connectivity index (χ4n) is 1.62. The van der Waals surface area contributed by atoms with Crippen LogP contribution >= 0.6 is 6.72 Å². The molecule has 1 rings (SSSR count). The molecule has 0 heterocycles. The van der Waals surface area contributed by atoms with Gasteiger partial charge in [-0.3, -0.25) is 19.2 Å². The third-order valence-corrected chi connectivity index (χ3v) is 4.86. The summed E-state index contributed by atoms with van der Waals surface area (Å²) in [4.78, 5) is 10.5. The second kappa shape index (κ2) is 7.69. The van der Waals surface area contributed by atoms with Gasteiger partial charge in [-0.15, -0.1) is 0 Å². The average molecular weight is 319 g/mol. The fraction of sp³-hybridized carbons (Fsp3) is 0.500. The fourth-order valence-corrected chi connectivity index (χ4v) is 3.69. The van der Waals surface area contributed by atoms with Gasteiger partial charge in [0.25, 0.3) is 5.69 Å². The molecule has 0 aliphatic carbocycles. The second-order valence-corrected chi connectivity index (χ2v) is 6.71. The lowest BCUT2D eigenvalue weighted by molar-refractivity contribution is -0.385. The van der Waals surface area contributed by atoms with Gasteiger partial charge >= 0.3 is 6.72 Å². The van der Waals surface area contributed by atoms with E-state index in [0.29, 0.717) is 30.9 Å². The summed E-state index contributed by atoms with van der Waals surface area (Å²) in [5, 5.41) is 10.9. The molecule has 0 atom stereocenters. The van der Waals surface area contributed by atoms with Crippen LogP contribution in [0.15, 0.2) is 18.2 Å². The summed E-state index contributed by atoms with van der Waals surface area (Å²) < 4.78 is 16.4. The van der Waals surface area contributed by atoms with E-state index in [2.05, 4.69) is 0 Å². The Morgan fingerprint density at radius 1 is 1.25 bits per heavy atom. The minimum Gasteiger partial charge on any atom is -0.424 e. The molecule has 20 heavy (non-hydrogen) atoms. The largest absolute Gasteiger partial charge is 0.424 e. The Balaban J connectivity index is 3.02. The van der Waals surface area contributed by atoms with Gasteiger partial charge in [-0.2, -0.15) is 0 Å². The molecule has 8 heteroatoms. The van der Waals surface area contributed by atoms with Crippen LogP contribution in [0.3, 0.4) is 0 Å². The summed E-state index contributed by atoms with van der Waals surface area (Å²) in [6, 6.07) is 4.53. The van der Waals surface area contributed by atoms with Crippen LogP contribution in [0.1, 0.15) is 26.3 Å². The highest BCUT2D eigenvalue weighted by molar-refractivity contribution is 8.07. The number of nitro groups is 1. The van der Waals surface area contributed by atoms with Crippen molar-refractivity contribution in [3.8, 4) is 5.75 Å². The number of hydrogen-bond acceptors (Lipinski definition) is 6. The molecule has 0 aliphatic rings. The first-order valence-electron chi connectivity index (χ1n) is 6.31. The summed E-state index contributed by atoms with van der Waals surface area (Å²) in [5.41, 5.74) is 0.656. The normalized spacial score (nSPS) is 11.3. The predicted molar refractivity (Wildman–Crippen MR) is 80.6 cm³/mol. The molecule has 0 saturated carbocycles. The maximum atomic E-state index is 10.9. The molecule has 0 N–H and O–H groups in total. The summed E-state index contributed by atoms with van der Waals surface area (Å²) >= 11 is 5.26. The van der Waals surface area contributed by atoms with E-state index in [9.17, 15) is 10.1 Å². The van der Waals surface area contributed by atoms with E-state index in [4.69, 9.17) is 25.4 Å². The second-order valence-electron chi connectivity index (χ2n) is 3.78. The van der Waals surface area contributed by atoms with Crippen molar-refractivity contribution in [3.63, 3.8) is 0 Å². The number of nitro benzene ring substituents is 1. The zero-order valence-corrected chi connectivity index (χ0v) is 13.4. The van der Waals surface area contributed by atoms with Crippen molar-refractivity contribution >= 4 is 24.2 Å². The molecular weight excluding hydrogens is 301 g/mol. The molecule has 0 unspecified atom stereocenters. The Morgan fingerprint density at radius 2 is 1.85 bits per heavy atom. The highest BCUT2D eigenvalue weighted by Gasteiger charge is 2.22. The molecule has 0 aromatic heterocycles. The van der Waals surface area contributed by atoms with Gasteiger partial charge in [0, 0.05) is 23.4 Å². The molecule has 1 aromatic carbocycles. The molecule has 6 nitrogen and oxygen atoms in total. The molecule has 0 spiro atoms. The van der Waals surface area contributed by atoms with Crippen molar-refractivity contribution in [1.29, 1.82) is 0 Å². The number of nitrogens with zero attached hydrogens (tertiary/aromatic N) is 1. The highest BCUT2D eigenvalue weighted by atomic mass is 32.5. The Morgan fingerprint density at radius 3 is 2.30 bits per heavy atom. The van der Waals surface area contributed by atoms with Crippen molar-refractivity contribution in [3.05, 3.63) is 33.9 Å². The van der Waals surface area contributed by atoms with Crippen LogP contribution in [0, 0.1) is 10.1 Å². The van der Waals surface area contributed by atoms with Crippen LogP contribution in [0.4, 0.5) is 5.69 Å². The van der Waals surface area contributed by atoms with Gasteiger partial charge in [0.15, 0.2) is 0 Å². The number of hydrogen-bond donors (Lipinski definition) is 0. The highest BCUT2D eigenvalue weighted by Crippen LogP contribution is 2.50. The van der Waals surface area contributed by atoms with Gasteiger partial charge in [0.2, 0.25) is 0 Å². The van der Waals surface area contributed by atoms with Crippen molar-refractivity contribution in [2.45, 2.75) is 27.2 Å². The standard InChI is InChI=1S/C12H18NO5PS/c1-4-10-9-11(7-8-12(10)13(14)15)18-19(20,16-5-2)17-6-3/h7-9H,4-6H2,1-3H3. The van der Waals surface area contributed by atoms with E-state index < -0.39 is 11.6 Å². The van der Waals surface area contributed by atoms with Crippen molar-refractivity contribution in [2.24, 2.45) is 0 Å². The molecule has 0 bridgehead atoms. The van der Waals surface area contributed by atoms with Crippen LogP contribution in [0.5, 0.6) is 5.75 Å². The van der Waals surface area contributed by atoms with Gasteiger partial charge in [-0.1, -0.05) is 6.92 Å². The summed E-state index contributed by atoms with van der Waals surface area (Å²) in [6.07, 6.45) is 0.527. The smallest absolute Gasteiger partial charge is 0.380 e. The molecule has 112 valence electrons. The maximum Gasteiger partial charge on any atom is 0.380 e. The molecular formula is C12H18NO5PS. The van der Waals surface area contributed by atoms with Gasteiger partial charge in [-0.05, 0) is 32.4 Å². The Hall–Kier alpha value is -1.01. The minimum absolute atomic E-state index is 0.0703. The van der Waals surface area contributed by atoms with Gasteiger partial charge in [-0.25, -0.2) is 0 Å². The van der Waals surface area contributed by atoms with Gasteiger partial charge in [0.05, 0.1) is 18.1 Å². The van der Waals surface area contributed by atoms with Crippen molar-refractivity contribution < 1.29 is 18.5 Å². The summed E-state index contributed by atoms with van der Waals surface area (Å²) in [5.74, 6) is 0.428. The van der Waals surface area contributed by atoms with Crippen molar-refractivity contribution in [2.75, 3.05) is 13.2 Å². The molecule has 0 fully saturated rings. The molecule has 0 aliphatic heterocycles. The summed E-state index contributed by atoms with van der Waals surface area (Å²) in [7, 11) is 0. The third kappa shape index (κ3) is 4.52. The van der Waals surface area contributed by atoms with E-state index in [1.807, 2.05) is 6.92 Å². The van der Waals surface area contributed by atoms with E-state index in [-0.39, 0.29) is 5.69 Å². The topological polar surface area (TPSA) is 70.8 Å². The Bertz CT molecular complexity index is 513. The average Bonchev–Trinajstić information content (AvgIpc) is 2.38. The number of benzene rings is 1. The lowest BCUT2D eigenvalue weighted by Gasteiger charge is -2.21. The Labute approximate surface area is 123 Å². The lowest BCUT2D eigenvalue weighted by Crippen LogP contribution is -2.03. The maximum absolute atomic E-state index is 10.9. The predicted octanol–water partition coefficient (Wildman–Crippen LogP) is 3.83. The first kappa shape index (κ1) is 17.0. The SMILES string of the molecule is CCOP(=S)(OCC)Oc1ccc([N+](=O)[O-])c(CC)c1. The number of rotatable bonds is 8. The van der Waals surface area contributed by atoms with Crippen LogP contribution in [0.2, 0.25) is 0 Å². The van der Waals surface area contributed by atoms with Crippen molar-refractivity contribution in [1.82, 2.24) is 0 Å². The van der Waals surface area contributed by atoms with Gasteiger partial charge < -0.3 is 4.52 Å². The molecule has 0 amide bonds. The monoisotopic (exact) mass is 319 g/mol. The summed E-state index contributed by atoms with van der Waals surface area (Å²) in [6.45, 7) is 3.36. The molecule has 1 aromatic rings. The zero-order valence-electron chi connectivity index (χ0n) is 11.7. The van der Waals surface area contributed by atoms with E-state index in [1.165, 1.54) is 12.1 Å². The van der Waals surface area contributed by atoms with Crippen LogP contribution in [-0.2, 0) is 27.3 Å². The van der Waals surface area contributed by atoms with Gasteiger partial charge in [0.1, 0.15) is 5.75 Å². The van der Waals surface area contributed by atoms with E-state index in [1.54, 1.807) is 19.9 Å². The van der Waals surface area contributed by atoms with Crippen LogP contribution in [-0.4, -0.2) is 18.1 Å². The Kier molecular flexibility index (Phi) is 6.55. The lowest BCUT2D eigenvalue weighted by atomic mass is 10.1. The molecule has 0 radical (unpaired) electrons. The van der Waals surface area contributed by atoms with Crippen LogP contribution in [0.25, 0.3) is 0 Å². The van der Waals surface area contributed by atoms with Crippen LogP contribution < -0.4 is 4.52 Å². The van der Waals surface area contributed by atoms with E-state index >= 15 is 0 Å². The quantitative estimate of drug-likeness (QED) is 0.412. The minimum atomic E-state index is -2.85. The zero-order chi connectivity index (χ0) is 15.2. The first-order valence-corrected chi connectivity index (χ1v) is 8.87. The van der Waals surface area contributed by atoms with E-state index in [0.717, 1.165) is 0 Å². The first-order chi connectivity index (χ1) is 9.45.